The van der Waals surface area contributed by atoms with E-state index in [4.69, 9.17) is 5.73 Å². The Balaban J connectivity index is 2.39. The van der Waals surface area contributed by atoms with Crippen LogP contribution < -0.4 is 5.73 Å². The number of hydrogen-bond donors (Lipinski definition) is 1. The number of halogens is 1. The quantitative estimate of drug-likeness (QED) is 0.678. The molecule has 0 unspecified atom stereocenters. The van der Waals surface area contributed by atoms with E-state index in [2.05, 4.69) is 16.9 Å². The van der Waals surface area contributed by atoms with E-state index in [1.54, 1.807) is 18.2 Å². The highest BCUT2D eigenvalue weighted by Gasteiger charge is 2.14. The van der Waals surface area contributed by atoms with E-state index in [0.29, 0.717) is 16.4 Å². The van der Waals surface area contributed by atoms with Gasteiger partial charge in [-0.15, -0.1) is 0 Å². The minimum atomic E-state index is -0.318. The maximum absolute atomic E-state index is 13.8. The Morgan fingerprint density at radius 3 is 2.76 bits per heavy atom. The molecular weight excluding hydrogens is 287 g/mol. The number of nitrogens with two attached hydrogens (primary N) is 1. The molecule has 0 saturated carbocycles. The highest BCUT2D eigenvalue weighted by Crippen LogP contribution is 2.22. The van der Waals surface area contributed by atoms with Crippen molar-refractivity contribution in [1.29, 1.82) is 5.26 Å². The number of nitriles is 1. The van der Waals surface area contributed by atoms with E-state index in [-0.39, 0.29) is 23.6 Å². The highest BCUT2D eigenvalue weighted by atomic mass is 32.2. The number of thioether (sulfide) groups is 1. The summed E-state index contributed by atoms with van der Waals surface area (Å²) in [6.07, 6.45) is 1.21. The normalized spacial score (nSPS) is 10.3. The van der Waals surface area contributed by atoms with Crippen LogP contribution in [-0.2, 0) is 6.42 Å². The van der Waals surface area contributed by atoms with Gasteiger partial charge in [0, 0.05) is 12.2 Å². The Morgan fingerprint density at radius 2 is 2.10 bits per heavy atom. The van der Waals surface area contributed by atoms with Crippen molar-refractivity contribution in [1.82, 2.24) is 9.97 Å². The van der Waals surface area contributed by atoms with E-state index < -0.39 is 0 Å². The van der Waals surface area contributed by atoms with Gasteiger partial charge in [-0.05, 0) is 18.1 Å². The second kappa shape index (κ2) is 7.04. The first-order valence-corrected chi connectivity index (χ1v) is 7.57. The molecule has 6 heteroatoms. The molecule has 0 aliphatic carbocycles. The molecule has 0 bridgehead atoms. The number of aromatic nitrogens is 2. The lowest BCUT2D eigenvalue weighted by atomic mass is 10.1. The molecule has 1 aromatic heterocycles. The first-order chi connectivity index (χ1) is 10.2. The lowest BCUT2D eigenvalue weighted by Gasteiger charge is -2.08. The summed E-state index contributed by atoms with van der Waals surface area (Å²) in [5, 5.41) is 9.73. The summed E-state index contributed by atoms with van der Waals surface area (Å²) in [5.41, 5.74) is 6.99. The zero-order valence-electron chi connectivity index (χ0n) is 11.6. The van der Waals surface area contributed by atoms with Crippen molar-refractivity contribution in [3.8, 4) is 6.07 Å². The zero-order valence-corrected chi connectivity index (χ0v) is 12.5. The lowest BCUT2D eigenvalue weighted by Crippen LogP contribution is -2.06. The van der Waals surface area contributed by atoms with Crippen molar-refractivity contribution in [3.05, 3.63) is 46.9 Å². The van der Waals surface area contributed by atoms with E-state index >= 15 is 0 Å². The zero-order chi connectivity index (χ0) is 15.2. The monoisotopic (exact) mass is 302 g/mol. The van der Waals surface area contributed by atoms with Crippen LogP contribution in [-0.4, -0.2) is 15.7 Å². The second-order valence-electron chi connectivity index (χ2n) is 4.44. The fourth-order valence-corrected chi connectivity index (χ4v) is 2.56. The minimum Gasteiger partial charge on any atom is -0.382 e. The maximum Gasteiger partial charge on any atom is 0.189 e. The number of hydrogen-bond acceptors (Lipinski definition) is 5. The van der Waals surface area contributed by atoms with Crippen LogP contribution in [0.1, 0.15) is 30.2 Å². The molecule has 0 saturated heterocycles. The molecule has 4 nitrogen and oxygen atoms in total. The molecule has 0 aliphatic heterocycles. The topological polar surface area (TPSA) is 75.6 Å². The van der Waals surface area contributed by atoms with Crippen LogP contribution >= 0.6 is 11.8 Å². The van der Waals surface area contributed by atoms with E-state index in [1.165, 1.54) is 17.8 Å². The Hall–Kier alpha value is -2.13. The summed E-state index contributed by atoms with van der Waals surface area (Å²) >= 11 is 1.48. The van der Waals surface area contributed by atoms with Crippen molar-refractivity contribution in [2.45, 2.75) is 24.9 Å². The molecule has 21 heavy (non-hydrogen) atoms. The fourth-order valence-electron chi connectivity index (χ4n) is 1.83. The molecule has 0 atom stereocenters. The van der Waals surface area contributed by atoms with E-state index in [0.717, 1.165) is 12.2 Å². The summed E-state index contributed by atoms with van der Waals surface area (Å²) in [6.45, 7) is 2.06. The van der Waals surface area contributed by atoms with Crippen LogP contribution in [0, 0.1) is 17.1 Å². The van der Waals surface area contributed by atoms with Gasteiger partial charge in [-0.2, -0.15) is 5.26 Å². The van der Waals surface area contributed by atoms with Gasteiger partial charge < -0.3 is 5.73 Å². The number of anilines is 1. The molecule has 0 amide bonds. The molecule has 1 aromatic carbocycles. The van der Waals surface area contributed by atoms with Crippen LogP contribution in [0.25, 0.3) is 0 Å². The fraction of sp³-hybridized carbons (Fsp3) is 0.267. The van der Waals surface area contributed by atoms with Gasteiger partial charge >= 0.3 is 0 Å². The molecule has 2 aromatic rings. The van der Waals surface area contributed by atoms with Crippen LogP contribution in [0.15, 0.2) is 29.4 Å². The summed E-state index contributed by atoms with van der Waals surface area (Å²) < 4.78 is 13.8. The highest BCUT2D eigenvalue weighted by molar-refractivity contribution is 7.99. The van der Waals surface area contributed by atoms with Crippen LogP contribution in [0.4, 0.5) is 10.2 Å². The second-order valence-corrected chi connectivity index (χ2v) is 5.50. The number of rotatable bonds is 5. The van der Waals surface area contributed by atoms with Gasteiger partial charge in [0.25, 0.3) is 0 Å². The Kier molecular flexibility index (Phi) is 5.12. The molecule has 0 spiro atoms. The largest absolute Gasteiger partial charge is 0.382 e. The first-order valence-electron chi connectivity index (χ1n) is 6.58. The van der Waals surface area contributed by atoms with Gasteiger partial charge in [-0.1, -0.05) is 36.9 Å². The SMILES string of the molecule is CCCSc1nc(N)c(C#N)c(Cc2ccccc2F)n1. The number of benzene rings is 1. The molecule has 0 radical (unpaired) electrons. The van der Waals surface area contributed by atoms with Crippen LogP contribution in [0.5, 0.6) is 0 Å². The van der Waals surface area contributed by atoms with Crippen molar-refractivity contribution >= 4 is 17.6 Å². The minimum absolute atomic E-state index is 0.150. The van der Waals surface area contributed by atoms with E-state index in [9.17, 15) is 9.65 Å². The third kappa shape index (κ3) is 3.70. The van der Waals surface area contributed by atoms with Gasteiger partial charge in [0.2, 0.25) is 0 Å². The smallest absolute Gasteiger partial charge is 0.189 e. The molecule has 108 valence electrons. The van der Waals surface area contributed by atoms with Gasteiger partial charge in [0.15, 0.2) is 5.16 Å². The Morgan fingerprint density at radius 1 is 1.33 bits per heavy atom. The third-order valence-corrected chi connectivity index (χ3v) is 3.91. The van der Waals surface area contributed by atoms with Gasteiger partial charge in [-0.3, -0.25) is 0 Å². The van der Waals surface area contributed by atoms with Gasteiger partial charge in [-0.25, -0.2) is 14.4 Å². The van der Waals surface area contributed by atoms with Crippen molar-refractivity contribution in [3.63, 3.8) is 0 Å². The average molecular weight is 302 g/mol. The molecule has 0 aliphatic rings. The Labute approximate surface area is 127 Å². The summed E-state index contributed by atoms with van der Waals surface area (Å²) in [7, 11) is 0. The molecule has 2 rings (SSSR count). The van der Waals surface area contributed by atoms with Gasteiger partial charge in [0.1, 0.15) is 23.3 Å². The predicted octanol–water partition coefficient (Wildman–Crippen LogP) is 3.16. The van der Waals surface area contributed by atoms with Crippen LogP contribution in [0.2, 0.25) is 0 Å². The number of nitrogen functional groups attached to an aromatic ring is 1. The Bertz CT molecular complexity index is 682. The van der Waals surface area contributed by atoms with Crippen molar-refractivity contribution in [2.24, 2.45) is 0 Å². The van der Waals surface area contributed by atoms with E-state index in [1.807, 2.05) is 6.07 Å². The van der Waals surface area contributed by atoms with Crippen LogP contribution in [0.3, 0.4) is 0 Å². The number of nitrogens with zero attached hydrogens (tertiary/aromatic N) is 3. The molecular formula is C15H15FN4S. The lowest BCUT2D eigenvalue weighted by molar-refractivity contribution is 0.612. The molecule has 0 fully saturated rings. The van der Waals surface area contributed by atoms with Crippen molar-refractivity contribution < 1.29 is 4.39 Å². The summed E-state index contributed by atoms with van der Waals surface area (Å²) in [6, 6.07) is 8.44. The maximum atomic E-state index is 13.8. The predicted molar refractivity (Wildman–Crippen MR) is 81.4 cm³/mol. The molecule has 1 heterocycles. The van der Waals surface area contributed by atoms with Crippen molar-refractivity contribution in [2.75, 3.05) is 11.5 Å². The first kappa shape index (κ1) is 15.3. The molecule has 2 N–H and O–H groups in total. The third-order valence-electron chi connectivity index (χ3n) is 2.85. The van der Waals surface area contributed by atoms with Gasteiger partial charge in [0.05, 0.1) is 5.69 Å². The summed E-state index contributed by atoms with van der Waals surface area (Å²) in [4.78, 5) is 8.48. The summed E-state index contributed by atoms with van der Waals surface area (Å²) in [5.74, 6) is 0.698. The average Bonchev–Trinajstić information content (AvgIpc) is 2.47. The standard InChI is InChI=1S/C15H15FN4S/c1-2-7-21-15-19-13(11(9-17)14(18)20-15)8-10-5-3-4-6-12(10)16/h3-6H,2,7-8H2,1H3,(H2,18,19,20).